The number of nitrogens with one attached hydrogen (secondary N) is 1. The molecule has 0 bridgehead atoms. The highest BCUT2D eigenvalue weighted by Gasteiger charge is 2.24. The first-order valence-corrected chi connectivity index (χ1v) is 6.47. The Morgan fingerprint density at radius 2 is 2.18 bits per heavy atom. The summed E-state index contributed by atoms with van der Waals surface area (Å²) in [5.74, 6) is 0.638. The van der Waals surface area contributed by atoms with Gasteiger partial charge in [0.05, 0.1) is 0 Å². The molecule has 1 saturated heterocycles. The van der Waals surface area contributed by atoms with Crippen LogP contribution in [0.4, 0.5) is 5.69 Å². The Hall–Kier alpha value is -0.995. The summed E-state index contributed by atoms with van der Waals surface area (Å²) in [6.45, 7) is 4.87. The van der Waals surface area contributed by atoms with Gasteiger partial charge in [-0.2, -0.15) is 0 Å². The van der Waals surface area contributed by atoms with Gasteiger partial charge in [0, 0.05) is 12.2 Å². The van der Waals surface area contributed by atoms with Crippen molar-refractivity contribution in [1.29, 1.82) is 0 Å². The lowest BCUT2D eigenvalue weighted by molar-refractivity contribution is 0.250. The van der Waals surface area contributed by atoms with E-state index in [0.717, 1.165) is 19.6 Å². The molecular weight excluding hydrogens is 211 g/mol. The first-order chi connectivity index (χ1) is 8.25. The van der Waals surface area contributed by atoms with Crippen molar-refractivity contribution in [1.82, 2.24) is 4.81 Å². The number of hydrogen-bond donors (Lipinski definition) is 2. The lowest BCUT2D eigenvalue weighted by Crippen LogP contribution is -2.45. The van der Waals surface area contributed by atoms with E-state index in [4.69, 9.17) is 0 Å². The SMILES string of the molecule is CB(O)N1CCC[C@@H](CNc2ccccc2)C1. The molecule has 2 rings (SSSR count). The fourth-order valence-electron chi connectivity index (χ4n) is 2.42. The van der Waals surface area contributed by atoms with Gasteiger partial charge < -0.3 is 15.2 Å². The third kappa shape index (κ3) is 3.75. The number of nitrogens with zero attached hydrogens (tertiary/aromatic N) is 1. The average Bonchev–Trinajstić information content (AvgIpc) is 2.38. The maximum Gasteiger partial charge on any atom is 0.376 e. The highest BCUT2D eigenvalue weighted by atomic mass is 16.2. The molecule has 1 atom stereocenters. The van der Waals surface area contributed by atoms with Gasteiger partial charge in [0.15, 0.2) is 0 Å². The Morgan fingerprint density at radius 3 is 2.88 bits per heavy atom. The van der Waals surface area contributed by atoms with Crippen LogP contribution in [0.25, 0.3) is 0 Å². The lowest BCUT2D eigenvalue weighted by atomic mass is 9.80. The molecule has 0 saturated carbocycles. The van der Waals surface area contributed by atoms with E-state index in [9.17, 15) is 5.02 Å². The topological polar surface area (TPSA) is 35.5 Å². The van der Waals surface area contributed by atoms with Crippen LogP contribution in [0, 0.1) is 5.92 Å². The van der Waals surface area contributed by atoms with Crippen molar-refractivity contribution in [2.24, 2.45) is 5.92 Å². The maximum absolute atomic E-state index is 9.59. The van der Waals surface area contributed by atoms with Crippen molar-refractivity contribution in [2.75, 3.05) is 25.0 Å². The fourth-order valence-corrected chi connectivity index (χ4v) is 2.42. The zero-order valence-electron chi connectivity index (χ0n) is 10.5. The van der Waals surface area contributed by atoms with Crippen molar-refractivity contribution in [3.05, 3.63) is 30.3 Å². The van der Waals surface area contributed by atoms with Crippen molar-refractivity contribution >= 4 is 12.7 Å². The summed E-state index contributed by atoms with van der Waals surface area (Å²) in [5.41, 5.74) is 1.18. The van der Waals surface area contributed by atoms with Gasteiger partial charge in [0.25, 0.3) is 0 Å². The number of para-hydroxylation sites is 1. The van der Waals surface area contributed by atoms with E-state index in [1.807, 2.05) is 25.0 Å². The molecule has 1 aromatic carbocycles. The van der Waals surface area contributed by atoms with E-state index in [1.54, 1.807) is 0 Å². The Morgan fingerprint density at radius 1 is 1.41 bits per heavy atom. The van der Waals surface area contributed by atoms with Crippen LogP contribution in [0.5, 0.6) is 0 Å². The molecule has 1 heterocycles. The van der Waals surface area contributed by atoms with Gasteiger partial charge in [-0.05, 0) is 50.8 Å². The van der Waals surface area contributed by atoms with Gasteiger partial charge in [-0.3, -0.25) is 0 Å². The molecule has 3 nitrogen and oxygen atoms in total. The van der Waals surface area contributed by atoms with Gasteiger partial charge in [-0.25, -0.2) is 0 Å². The van der Waals surface area contributed by atoms with Crippen LogP contribution in [-0.2, 0) is 0 Å². The quantitative estimate of drug-likeness (QED) is 0.778. The van der Waals surface area contributed by atoms with E-state index in [-0.39, 0.29) is 7.05 Å². The summed E-state index contributed by atoms with van der Waals surface area (Å²) >= 11 is 0. The standard InChI is InChI=1S/C13H21BN2O/c1-14(17)16-9-5-6-12(11-16)10-15-13-7-3-2-4-8-13/h2-4,7-8,12,15,17H,5-6,9-11H2,1H3/t12-/m0/s1. The zero-order chi connectivity index (χ0) is 12.1. The molecule has 0 radical (unpaired) electrons. The molecule has 0 aliphatic carbocycles. The van der Waals surface area contributed by atoms with Crippen LogP contribution < -0.4 is 5.32 Å². The summed E-state index contributed by atoms with van der Waals surface area (Å²) in [6.07, 6.45) is 2.44. The van der Waals surface area contributed by atoms with E-state index >= 15 is 0 Å². The van der Waals surface area contributed by atoms with Gasteiger partial charge >= 0.3 is 7.05 Å². The molecule has 1 aromatic rings. The van der Waals surface area contributed by atoms with Crippen molar-refractivity contribution in [3.8, 4) is 0 Å². The average molecular weight is 232 g/mol. The Bertz CT molecular complexity index is 331. The molecule has 1 aliphatic rings. The lowest BCUT2D eigenvalue weighted by Gasteiger charge is -2.33. The molecule has 0 spiro atoms. The van der Waals surface area contributed by atoms with Crippen LogP contribution in [-0.4, -0.2) is 36.5 Å². The van der Waals surface area contributed by atoms with Crippen molar-refractivity contribution in [3.63, 3.8) is 0 Å². The predicted molar refractivity (Wildman–Crippen MR) is 73.1 cm³/mol. The molecular formula is C13H21BN2O. The molecule has 92 valence electrons. The zero-order valence-corrected chi connectivity index (χ0v) is 10.5. The van der Waals surface area contributed by atoms with Crippen molar-refractivity contribution in [2.45, 2.75) is 19.7 Å². The molecule has 0 aromatic heterocycles. The van der Waals surface area contributed by atoms with Crippen LogP contribution in [0.2, 0.25) is 6.82 Å². The second-order valence-corrected chi connectivity index (χ2v) is 4.88. The van der Waals surface area contributed by atoms with Crippen LogP contribution >= 0.6 is 0 Å². The van der Waals surface area contributed by atoms with Gasteiger partial charge in [-0.15, -0.1) is 0 Å². The third-order valence-electron chi connectivity index (χ3n) is 3.45. The van der Waals surface area contributed by atoms with Crippen LogP contribution in [0.1, 0.15) is 12.8 Å². The second kappa shape index (κ2) is 6.08. The molecule has 0 unspecified atom stereocenters. The molecule has 1 fully saturated rings. The van der Waals surface area contributed by atoms with Crippen LogP contribution in [0.3, 0.4) is 0 Å². The summed E-state index contributed by atoms with van der Waals surface area (Å²) in [4.78, 5) is 2.15. The Labute approximate surface area is 104 Å². The Kier molecular flexibility index (Phi) is 4.46. The minimum absolute atomic E-state index is 0.311. The monoisotopic (exact) mass is 232 g/mol. The highest BCUT2D eigenvalue weighted by Crippen LogP contribution is 2.17. The van der Waals surface area contributed by atoms with Gasteiger partial charge in [0.1, 0.15) is 0 Å². The smallest absolute Gasteiger partial charge is 0.376 e. The first-order valence-electron chi connectivity index (χ1n) is 6.47. The van der Waals surface area contributed by atoms with Crippen molar-refractivity contribution < 1.29 is 5.02 Å². The normalized spacial score (nSPS) is 21.2. The van der Waals surface area contributed by atoms with E-state index in [1.165, 1.54) is 18.5 Å². The molecule has 4 heteroatoms. The van der Waals surface area contributed by atoms with Crippen LogP contribution in [0.15, 0.2) is 30.3 Å². The number of hydrogen-bond acceptors (Lipinski definition) is 3. The third-order valence-corrected chi connectivity index (χ3v) is 3.45. The summed E-state index contributed by atoms with van der Waals surface area (Å²) in [7, 11) is -0.311. The highest BCUT2D eigenvalue weighted by molar-refractivity contribution is 6.45. The summed E-state index contributed by atoms with van der Waals surface area (Å²) < 4.78 is 0. The summed E-state index contributed by atoms with van der Waals surface area (Å²) in [5, 5.41) is 13.1. The first kappa shape index (κ1) is 12.5. The molecule has 2 N–H and O–H groups in total. The Balaban J connectivity index is 1.79. The predicted octanol–water partition coefficient (Wildman–Crippen LogP) is 1.92. The molecule has 0 amide bonds. The minimum atomic E-state index is -0.311. The largest absolute Gasteiger partial charge is 0.437 e. The number of piperidine rings is 1. The molecule has 17 heavy (non-hydrogen) atoms. The van der Waals surface area contributed by atoms with E-state index < -0.39 is 0 Å². The second-order valence-electron chi connectivity index (χ2n) is 4.88. The summed E-state index contributed by atoms with van der Waals surface area (Å²) in [6, 6.07) is 10.3. The maximum atomic E-state index is 9.59. The number of benzene rings is 1. The number of rotatable bonds is 4. The van der Waals surface area contributed by atoms with Gasteiger partial charge in [0.2, 0.25) is 0 Å². The van der Waals surface area contributed by atoms with E-state index in [0.29, 0.717) is 5.92 Å². The van der Waals surface area contributed by atoms with Gasteiger partial charge in [-0.1, -0.05) is 18.2 Å². The molecule has 1 aliphatic heterocycles. The number of anilines is 1. The minimum Gasteiger partial charge on any atom is -0.437 e. The van der Waals surface area contributed by atoms with E-state index in [2.05, 4.69) is 22.3 Å². The fraction of sp³-hybridized carbons (Fsp3) is 0.538.